The minimum atomic E-state index is -2.67. The molecule has 0 bridgehead atoms. The summed E-state index contributed by atoms with van der Waals surface area (Å²) >= 11 is 0. The van der Waals surface area contributed by atoms with Crippen molar-refractivity contribution in [3.05, 3.63) is 59.2 Å². The van der Waals surface area contributed by atoms with Crippen LogP contribution in [0.2, 0.25) is 18.1 Å². The number of nitrogens with zero attached hydrogens (tertiary/aromatic N) is 2. The number of halogens is 2. The summed E-state index contributed by atoms with van der Waals surface area (Å²) in [5.74, 6) is -2.43. The molecule has 0 aromatic heterocycles. The highest BCUT2D eigenvalue weighted by molar-refractivity contribution is 6.74. The Morgan fingerprint density at radius 3 is 2.27 bits per heavy atom. The molecule has 2 aliphatic heterocycles. The zero-order valence-corrected chi connectivity index (χ0v) is 32.5. The van der Waals surface area contributed by atoms with Crippen molar-refractivity contribution in [3.63, 3.8) is 0 Å². The molecule has 0 spiro atoms. The number of anilines is 1. The Balaban J connectivity index is 1.84. The lowest BCUT2D eigenvalue weighted by atomic mass is 9.94. The van der Waals surface area contributed by atoms with Gasteiger partial charge in [0.1, 0.15) is 23.0 Å². The Hall–Kier alpha value is -3.55. The molecule has 0 unspecified atom stereocenters. The molecule has 2 saturated heterocycles. The van der Waals surface area contributed by atoms with Crippen LogP contribution in [0.4, 0.5) is 19.3 Å². The molecular weight excluding hydrogens is 677 g/mol. The fraction of sp³-hybridized carbons (Fsp3) is 0.605. The van der Waals surface area contributed by atoms with E-state index in [4.69, 9.17) is 13.9 Å². The highest BCUT2D eigenvalue weighted by Crippen LogP contribution is 2.40. The minimum absolute atomic E-state index is 0.0465. The highest BCUT2D eigenvalue weighted by atomic mass is 28.4. The molecule has 51 heavy (non-hydrogen) atoms. The second kappa shape index (κ2) is 16.0. The Morgan fingerprint density at radius 1 is 1.04 bits per heavy atom. The maximum atomic E-state index is 14.6. The maximum absolute atomic E-state index is 14.6. The number of hydrogen-bond acceptors (Lipinski definition) is 7. The van der Waals surface area contributed by atoms with E-state index < -0.39 is 55.7 Å². The minimum Gasteiger partial charge on any atom is -0.508 e. The van der Waals surface area contributed by atoms with Gasteiger partial charge in [0.15, 0.2) is 8.32 Å². The van der Waals surface area contributed by atoms with E-state index in [0.29, 0.717) is 38.1 Å². The fourth-order valence-corrected chi connectivity index (χ4v) is 7.66. The topological polar surface area (TPSA) is 118 Å². The second-order valence-corrected chi connectivity index (χ2v) is 21.0. The van der Waals surface area contributed by atoms with Crippen LogP contribution in [0.3, 0.4) is 0 Å². The number of benzene rings is 2. The number of phenolic OH excluding ortho intramolecular Hbond substituents is 1. The van der Waals surface area contributed by atoms with Gasteiger partial charge in [0, 0.05) is 43.0 Å². The third-order valence-corrected chi connectivity index (χ3v) is 14.2. The summed E-state index contributed by atoms with van der Waals surface area (Å²) in [6, 6.07) is 5.91. The normalized spacial score (nSPS) is 19.7. The molecule has 10 nitrogen and oxygen atoms in total. The predicted octanol–water partition coefficient (Wildman–Crippen LogP) is 7.33. The van der Waals surface area contributed by atoms with E-state index in [0.717, 1.165) is 12.5 Å². The molecule has 2 N–H and O–H groups in total. The molecule has 2 aromatic rings. The van der Waals surface area contributed by atoms with Gasteiger partial charge in [-0.05, 0) is 94.4 Å². The van der Waals surface area contributed by atoms with E-state index in [1.54, 1.807) is 25.7 Å². The van der Waals surface area contributed by atoms with Crippen LogP contribution < -0.4 is 10.2 Å². The first-order valence-corrected chi connectivity index (χ1v) is 20.8. The largest absolute Gasteiger partial charge is 0.508 e. The lowest BCUT2D eigenvalue weighted by Crippen LogP contribution is -2.60. The maximum Gasteiger partial charge on any atom is 0.410 e. The van der Waals surface area contributed by atoms with Crippen molar-refractivity contribution >= 4 is 31.9 Å². The Bertz CT molecular complexity index is 1560. The number of amides is 3. The van der Waals surface area contributed by atoms with Crippen LogP contribution in [0.1, 0.15) is 90.1 Å². The summed E-state index contributed by atoms with van der Waals surface area (Å²) in [5.41, 5.74) is -0.0356. The average Bonchev–Trinajstić information content (AvgIpc) is 3.62. The first kappa shape index (κ1) is 40.2. The molecule has 13 heteroatoms. The van der Waals surface area contributed by atoms with Gasteiger partial charge in [-0.1, -0.05) is 27.7 Å². The van der Waals surface area contributed by atoms with Gasteiger partial charge in [0.25, 0.3) is 5.91 Å². The number of carbonyl (C=O) groups excluding carboxylic acids is 3. The van der Waals surface area contributed by atoms with E-state index in [9.17, 15) is 28.3 Å². The van der Waals surface area contributed by atoms with Gasteiger partial charge in [-0.2, -0.15) is 0 Å². The summed E-state index contributed by atoms with van der Waals surface area (Å²) in [6.07, 6.45) is 0.347. The molecule has 0 radical (unpaired) electrons. The van der Waals surface area contributed by atoms with Gasteiger partial charge in [-0.25, -0.2) is 13.6 Å². The Labute approximate surface area is 301 Å². The summed E-state index contributed by atoms with van der Waals surface area (Å²) in [4.78, 5) is 43.7. The zero-order valence-electron chi connectivity index (χ0n) is 31.5. The van der Waals surface area contributed by atoms with E-state index in [2.05, 4.69) is 39.2 Å². The first-order chi connectivity index (χ1) is 23.7. The third kappa shape index (κ3) is 10.5. The van der Waals surface area contributed by atoms with Crippen molar-refractivity contribution in [1.29, 1.82) is 0 Å². The van der Waals surface area contributed by atoms with Gasteiger partial charge in [0.05, 0.1) is 30.8 Å². The SMILES string of the molecule is CCCO[C@@H]1C[C@H]([C@H](O[Si](C)(C)C(C)(C)C)[C@H](Cc2cc(F)cc(F)c2)NC(=O)c2cc(O)cc(N3CCCC3=O)c2)N(C(=O)OC(C)(C)C)C1. The average molecular weight is 732 g/mol. The number of ether oxygens (including phenoxy) is 2. The van der Waals surface area contributed by atoms with Crippen LogP contribution in [0.25, 0.3) is 0 Å². The van der Waals surface area contributed by atoms with Crippen LogP contribution in [-0.2, 0) is 25.1 Å². The number of hydrogen-bond donors (Lipinski definition) is 2. The van der Waals surface area contributed by atoms with Crippen LogP contribution in [0.5, 0.6) is 5.75 Å². The van der Waals surface area contributed by atoms with Gasteiger partial charge in [0.2, 0.25) is 5.91 Å². The van der Waals surface area contributed by atoms with E-state index in [1.165, 1.54) is 35.2 Å². The molecule has 3 amide bonds. The van der Waals surface area contributed by atoms with Gasteiger partial charge >= 0.3 is 6.09 Å². The zero-order chi connectivity index (χ0) is 37.9. The summed E-state index contributed by atoms with van der Waals surface area (Å²) in [7, 11) is -2.67. The first-order valence-electron chi connectivity index (χ1n) is 17.9. The summed E-state index contributed by atoms with van der Waals surface area (Å²) in [5, 5.41) is 13.4. The van der Waals surface area contributed by atoms with E-state index in [-0.39, 0.29) is 46.9 Å². The molecule has 2 fully saturated rings. The number of rotatable bonds is 12. The van der Waals surface area contributed by atoms with E-state index >= 15 is 0 Å². The number of carbonyl (C=O) groups is 3. The molecular formula is C38H55F2N3O7Si. The standard InChI is InChI=1S/C38H55F2N3O7Si/c1-10-14-48-30-22-32(43(23-30)36(47)49-37(2,3)4)34(50-51(8,9)38(5,6)7)31(17-24-15-26(39)20-27(40)16-24)41-35(46)25-18-28(21-29(44)19-25)42-13-11-12-33(42)45/h15-16,18-21,30-32,34,44H,10-14,17,22-23H2,1-9H3,(H,41,46)/t30-,31+,32-,34-/m1/s1. The van der Waals surface area contributed by atoms with Gasteiger partial charge in [-0.3, -0.25) is 14.5 Å². The Morgan fingerprint density at radius 2 is 1.71 bits per heavy atom. The third-order valence-electron chi connectivity index (χ3n) is 9.75. The second-order valence-electron chi connectivity index (χ2n) is 16.2. The molecule has 0 saturated carbocycles. The van der Waals surface area contributed by atoms with Crippen molar-refractivity contribution in [2.45, 2.75) is 129 Å². The Kier molecular flexibility index (Phi) is 12.6. The predicted molar refractivity (Wildman–Crippen MR) is 194 cm³/mol. The van der Waals surface area contributed by atoms with Gasteiger partial charge in [-0.15, -0.1) is 0 Å². The number of nitrogens with one attached hydrogen (secondary N) is 1. The van der Waals surface area contributed by atoms with Crippen molar-refractivity contribution in [2.75, 3.05) is 24.6 Å². The monoisotopic (exact) mass is 731 g/mol. The van der Waals surface area contributed by atoms with Crippen molar-refractivity contribution in [3.8, 4) is 5.75 Å². The lowest BCUT2D eigenvalue weighted by molar-refractivity contribution is -0.117. The smallest absolute Gasteiger partial charge is 0.410 e. The lowest BCUT2D eigenvalue weighted by Gasteiger charge is -2.45. The van der Waals surface area contributed by atoms with Crippen molar-refractivity contribution < 1.29 is 42.2 Å². The number of aromatic hydroxyl groups is 1. The van der Waals surface area contributed by atoms with Crippen LogP contribution in [-0.4, -0.2) is 85.8 Å². The fourth-order valence-electron chi connectivity index (χ4n) is 6.31. The number of likely N-dealkylation sites (tertiary alicyclic amines) is 1. The highest BCUT2D eigenvalue weighted by Gasteiger charge is 2.49. The molecule has 2 aliphatic rings. The van der Waals surface area contributed by atoms with Crippen LogP contribution in [0, 0.1) is 11.6 Å². The molecule has 2 heterocycles. The molecule has 0 aliphatic carbocycles. The summed E-state index contributed by atoms with van der Waals surface area (Å²) < 4.78 is 48.4. The van der Waals surface area contributed by atoms with Crippen molar-refractivity contribution in [1.82, 2.24) is 10.2 Å². The summed E-state index contributed by atoms with van der Waals surface area (Å²) in [6.45, 7) is 18.9. The molecule has 2 aromatic carbocycles. The molecule has 282 valence electrons. The van der Waals surface area contributed by atoms with Crippen LogP contribution >= 0.6 is 0 Å². The van der Waals surface area contributed by atoms with Gasteiger partial charge < -0.3 is 29.2 Å². The van der Waals surface area contributed by atoms with Crippen LogP contribution in [0.15, 0.2) is 36.4 Å². The van der Waals surface area contributed by atoms with Crippen molar-refractivity contribution in [2.24, 2.45) is 0 Å². The number of phenols is 1. The molecule has 4 atom stereocenters. The quantitative estimate of drug-likeness (QED) is 0.220. The molecule has 4 rings (SSSR count). The van der Waals surface area contributed by atoms with E-state index in [1.807, 2.05) is 6.92 Å².